The lowest BCUT2D eigenvalue weighted by molar-refractivity contribution is -0.122. The van der Waals surface area contributed by atoms with Gasteiger partial charge in [0.25, 0.3) is 5.91 Å². The molecular weight excluding hydrogens is 250 g/mol. The van der Waals surface area contributed by atoms with Crippen LogP contribution in [0.4, 0.5) is 5.69 Å². The lowest BCUT2D eigenvalue weighted by atomic mass is 10.2. The first kappa shape index (κ1) is 14.1. The zero-order valence-electron chi connectivity index (χ0n) is 11.8. The number of nitrogens with one attached hydrogen (secondary N) is 1. The summed E-state index contributed by atoms with van der Waals surface area (Å²) in [6.07, 6.45) is 0.130. The smallest absolute Gasteiger partial charge is 0.265 e. The van der Waals surface area contributed by atoms with Gasteiger partial charge in [0.2, 0.25) is 0 Å². The van der Waals surface area contributed by atoms with E-state index in [-0.39, 0.29) is 5.91 Å². The van der Waals surface area contributed by atoms with Crippen molar-refractivity contribution in [2.45, 2.75) is 26.4 Å². The van der Waals surface area contributed by atoms with Crippen LogP contribution in [0.25, 0.3) is 0 Å². The Labute approximate surface area is 119 Å². The molecule has 0 heterocycles. The Morgan fingerprint density at radius 3 is 2.35 bits per heavy atom. The first-order chi connectivity index (χ1) is 9.69. The second kappa shape index (κ2) is 6.75. The van der Waals surface area contributed by atoms with Crippen molar-refractivity contribution in [1.82, 2.24) is 0 Å². The van der Waals surface area contributed by atoms with Crippen molar-refractivity contribution < 1.29 is 9.53 Å². The largest absolute Gasteiger partial charge is 0.481 e. The number of hydrogen-bond acceptors (Lipinski definition) is 2. The first-order valence-electron chi connectivity index (χ1n) is 6.78. The van der Waals surface area contributed by atoms with Crippen molar-refractivity contribution in [3.63, 3.8) is 0 Å². The van der Waals surface area contributed by atoms with Gasteiger partial charge in [0, 0.05) is 5.69 Å². The summed E-state index contributed by atoms with van der Waals surface area (Å²) in [6.45, 7) is 3.95. The third-order valence-electron chi connectivity index (χ3n) is 3.00. The molecule has 1 atom stereocenters. The van der Waals surface area contributed by atoms with Gasteiger partial charge in [-0.25, -0.2) is 0 Å². The van der Waals surface area contributed by atoms with Crippen LogP contribution in [0.5, 0.6) is 5.75 Å². The Balaban J connectivity index is 2.00. The minimum absolute atomic E-state index is 0.126. The van der Waals surface area contributed by atoms with Crippen molar-refractivity contribution in [3.05, 3.63) is 60.2 Å². The molecule has 3 heteroatoms. The van der Waals surface area contributed by atoms with Gasteiger partial charge < -0.3 is 10.1 Å². The van der Waals surface area contributed by atoms with Crippen molar-refractivity contribution in [1.29, 1.82) is 0 Å². The zero-order valence-corrected chi connectivity index (χ0v) is 11.8. The fourth-order valence-corrected chi connectivity index (χ4v) is 1.85. The van der Waals surface area contributed by atoms with E-state index in [1.807, 2.05) is 68.4 Å². The number of amides is 1. The van der Waals surface area contributed by atoms with Crippen LogP contribution in [0.1, 0.15) is 18.9 Å². The van der Waals surface area contributed by atoms with Crippen molar-refractivity contribution >= 4 is 11.6 Å². The third-order valence-corrected chi connectivity index (χ3v) is 3.00. The molecule has 0 saturated carbocycles. The van der Waals surface area contributed by atoms with E-state index in [4.69, 9.17) is 4.74 Å². The molecule has 2 aromatic rings. The lowest BCUT2D eigenvalue weighted by Crippen LogP contribution is -2.32. The normalized spacial score (nSPS) is 11.7. The van der Waals surface area contributed by atoms with Crippen LogP contribution in [0.2, 0.25) is 0 Å². The second-order valence-corrected chi connectivity index (χ2v) is 4.68. The summed E-state index contributed by atoms with van der Waals surface area (Å²) < 4.78 is 5.74. The van der Waals surface area contributed by atoms with Crippen molar-refractivity contribution in [3.8, 4) is 5.75 Å². The second-order valence-electron chi connectivity index (χ2n) is 4.68. The molecule has 3 nitrogen and oxygen atoms in total. The zero-order chi connectivity index (χ0) is 14.4. The van der Waals surface area contributed by atoms with Gasteiger partial charge in [0.1, 0.15) is 5.75 Å². The summed E-state index contributed by atoms with van der Waals surface area (Å²) in [5.74, 6) is 0.588. The topological polar surface area (TPSA) is 38.3 Å². The minimum atomic E-state index is -0.488. The van der Waals surface area contributed by atoms with Crippen LogP contribution in [0.3, 0.4) is 0 Å². The lowest BCUT2D eigenvalue weighted by Gasteiger charge is -2.17. The van der Waals surface area contributed by atoms with Gasteiger partial charge in [0.15, 0.2) is 6.10 Å². The number of ether oxygens (including phenoxy) is 1. The van der Waals surface area contributed by atoms with Gasteiger partial charge in [-0.1, -0.05) is 42.8 Å². The molecule has 0 fully saturated rings. The average Bonchev–Trinajstić information content (AvgIpc) is 2.47. The van der Waals surface area contributed by atoms with E-state index < -0.39 is 6.10 Å². The van der Waals surface area contributed by atoms with Crippen LogP contribution in [-0.2, 0) is 4.79 Å². The van der Waals surface area contributed by atoms with E-state index in [1.54, 1.807) is 0 Å². The molecule has 2 aromatic carbocycles. The van der Waals surface area contributed by atoms with E-state index >= 15 is 0 Å². The summed E-state index contributed by atoms with van der Waals surface area (Å²) in [5, 5.41) is 2.86. The van der Waals surface area contributed by atoms with Crippen LogP contribution < -0.4 is 10.1 Å². The van der Waals surface area contributed by atoms with E-state index in [1.165, 1.54) is 5.56 Å². The standard InChI is InChI=1S/C17H19NO2/c1-3-16(20-15-11-9-13(2)10-12-15)17(19)18-14-7-5-4-6-8-14/h4-12,16H,3H2,1-2H3,(H,18,19). The maximum absolute atomic E-state index is 12.2. The molecule has 0 aliphatic heterocycles. The Kier molecular flexibility index (Phi) is 4.77. The van der Waals surface area contributed by atoms with Crippen LogP contribution in [-0.4, -0.2) is 12.0 Å². The Morgan fingerprint density at radius 1 is 1.10 bits per heavy atom. The fraction of sp³-hybridized carbons (Fsp3) is 0.235. The number of hydrogen-bond donors (Lipinski definition) is 1. The predicted molar refractivity (Wildman–Crippen MR) is 81.0 cm³/mol. The maximum atomic E-state index is 12.2. The highest BCUT2D eigenvalue weighted by atomic mass is 16.5. The average molecular weight is 269 g/mol. The minimum Gasteiger partial charge on any atom is -0.481 e. The highest BCUT2D eigenvalue weighted by molar-refractivity contribution is 5.94. The van der Waals surface area contributed by atoms with Crippen LogP contribution in [0, 0.1) is 6.92 Å². The molecule has 0 radical (unpaired) electrons. The number of carbonyl (C=O) groups is 1. The number of benzene rings is 2. The van der Waals surface area contributed by atoms with Gasteiger partial charge in [-0.3, -0.25) is 4.79 Å². The van der Waals surface area contributed by atoms with E-state index in [2.05, 4.69) is 5.32 Å². The summed E-state index contributed by atoms with van der Waals surface area (Å²) in [7, 11) is 0. The summed E-state index contributed by atoms with van der Waals surface area (Å²) in [4.78, 5) is 12.2. The highest BCUT2D eigenvalue weighted by Crippen LogP contribution is 2.16. The van der Waals surface area contributed by atoms with Gasteiger partial charge in [-0.05, 0) is 37.6 Å². The van der Waals surface area contributed by atoms with Gasteiger partial charge in [0.05, 0.1) is 0 Å². The molecule has 1 amide bonds. The molecule has 0 aliphatic rings. The molecule has 0 aliphatic carbocycles. The molecule has 1 N–H and O–H groups in total. The van der Waals surface area contributed by atoms with Gasteiger partial charge >= 0.3 is 0 Å². The van der Waals surface area contributed by atoms with Crippen molar-refractivity contribution in [2.75, 3.05) is 5.32 Å². The van der Waals surface area contributed by atoms with E-state index in [0.29, 0.717) is 12.2 Å². The SMILES string of the molecule is CCC(Oc1ccc(C)cc1)C(=O)Nc1ccccc1. The molecule has 104 valence electrons. The summed E-state index contributed by atoms with van der Waals surface area (Å²) in [6, 6.07) is 17.1. The third kappa shape index (κ3) is 3.85. The van der Waals surface area contributed by atoms with E-state index in [9.17, 15) is 4.79 Å². The van der Waals surface area contributed by atoms with Crippen LogP contribution in [0.15, 0.2) is 54.6 Å². The number of aryl methyl sites for hydroxylation is 1. The number of para-hydroxylation sites is 1. The number of rotatable bonds is 5. The van der Waals surface area contributed by atoms with Gasteiger partial charge in [-0.2, -0.15) is 0 Å². The summed E-state index contributed by atoms with van der Waals surface area (Å²) >= 11 is 0. The summed E-state index contributed by atoms with van der Waals surface area (Å²) in [5.41, 5.74) is 1.95. The molecule has 0 saturated heterocycles. The van der Waals surface area contributed by atoms with Crippen LogP contribution >= 0.6 is 0 Å². The maximum Gasteiger partial charge on any atom is 0.265 e. The first-order valence-corrected chi connectivity index (χ1v) is 6.78. The molecule has 1 unspecified atom stereocenters. The Bertz CT molecular complexity index is 549. The molecule has 0 bridgehead atoms. The number of anilines is 1. The monoisotopic (exact) mass is 269 g/mol. The number of carbonyl (C=O) groups excluding carboxylic acids is 1. The molecule has 0 aromatic heterocycles. The quantitative estimate of drug-likeness (QED) is 0.896. The molecule has 20 heavy (non-hydrogen) atoms. The molecule has 2 rings (SSSR count). The molecular formula is C17H19NO2. The van der Waals surface area contributed by atoms with Gasteiger partial charge in [-0.15, -0.1) is 0 Å². The van der Waals surface area contributed by atoms with Crippen molar-refractivity contribution in [2.24, 2.45) is 0 Å². The predicted octanol–water partition coefficient (Wildman–Crippen LogP) is 3.79. The van der Waals surface area contributed by atoms with E-state index in [0.717, 1.165) is 5.69 Å². The highest BCUT2D eigenvalue weighted by Gasteiger charge is 2.18. The molecule has 0 spiro atoms. The Hall–Kier alpha value is -2.29. The Morgan fingerprint density at radius 2 is 1.75 bits per heavy atom. The fourth-order valence-electron chi connectivity index (χ4n) is 1.85.